The lowest BCUT2D eigenvalue weighted by molar-refractivity contribution is -0.113. The van der Waals surface area contributed by atoms with Crippen molar-refractivity contribution in [1.29, 1.82) is 0 Å². The Morgan fingerprint density at radius 2 is 1.61 bits per heavy atom. The van der Waals surface area contributed by atoms with Crippen molar-refractivity contribution in [3.63, 3.8) is 0 Å². The number of amidine groups is 1. The van der Waals surface area contributed by atoms with Crippen LogP contribution in [0.25, 0.3) is 23.0 Å². The SMILES string of the molecule is O=C1N=C(N2CCC(Cc3ccccc3)CC2)SC1=Cc1cn(-c2ccccc2)nc1-c1ccc(F)cc1. The van der Waals surface area contributed by atoms with Crippen LogP contribution in [0.4, 0.5) is 4.39 Å². The van der Waals surface area contributed by atoms with Gasteiger partial charge in [0.25, 0.3) is 5.91 Å². The van der Waals surface area contributed by atoms with Gasteiger partial charge in [0.1, 0.15) is 5.82 Å². The van der Waals surface area contributed by atoms with Crippen molar-refractivity contribution in [1.82, 2.24) is 14.7 Å². The van der Waals surface area contributed by atoms with Gasteiger partial charge in [0.2, 0.25) is 0 Å². The van der Waals surface area contributed by atoms with E-state index in [4.69, 9.17) is 5.10 Å². The molecule has 2 aliphatic rings. The van der Waals surface area contributed by atoms with Gasteiger partial charge in [0.05, 0.1) is 16.3 Å². The summed E-state index contributed by atoms with van der Waals surface area (Å²) in [5.74, 6) is 0.116. The lowest BCUT2D eigenvalue weighted by atomic mass is 9.90. The summed E-state index contributed by atoms with van der Waals surface area (Å²) < 4.78 is 15.4. The summed E-state index contributed by atoms with van der Waals surface area (Å²) in [6, 6.07) is 26.7. The van der Waals surface area contributed by atoms with Crippen molar-refractivity contribution in [2.24, 2.45) is 10.9 Å². The topological polar surface area (TPSA) is 50.5 Å². The number of benzene rings is 3. The van der Waals surface area contributed by atoms with Gasteiger partial charge in [-0.1, -0.05) is 48.5 Å². The van der Waals surface area contributed by atoms with E-state index in [2.05, 4.69) is 40.2 Å². The van der Waals surface area contributed by atoms with Crippen LogP contribution in [-0.2, 0) is 11.2 Å². The van der Waals surface area contributed by atoms with Crippen molar-refractivity contribution in [2.75, 3.05) is 13.1 Å². The fraction of sp³-hybridized carbons (Fsp3) is 0.194. The van der Waals surface area contributed by atoms with Gasteiger partial charge in [0.15, 0.2) is 5.17 Å². The van der Waals surface area contributed by atoms with E-state index in [0.29, 0.717) is 16.5 Å². The molecule has 2 aliphatic heterocycles. The molecule has 190 valence electrons. The zero-order valence-corrected chi connectivity index (χ0v) is 21.7. The van der Waals surface area contributed by atoms with E-state index in [1.54, 1.807) is 16.8 Å². The minimum absolute atomic E-state index is 0.228. The van der Waals surface area contributed by atoms with Crippen LogP contribution in [0.1, 0.15) is 24.0 Å². The van der Waals surface area contributed by atoms with Crippen LogP contribution in [0.2, 0.25) is 0 Å². The first-order valence-corrected chi connectivity index (χ1v) is 13.7. The van der Waals surface area contributed by atoms with E-state index in [-0.39, 0.29) is 11.7 Å². The average molecular weight is 523 g/mol. The fourth-order valence-corrected chi connectivity index (χ4v) is 5.94. The van der Waals surface area contributed by atoms with Crippen molar-refractivity contribution >= 4 is 28.9 Å². The number of carbonyl (C=O) groups excluding carboxylic acids is 1. The Hall–Kier alpha value is -3.97. The Kier molecular flexibility index (Phi) is 6.92. The summed E-state index contributed by atoms with van der Waals surface area (Å²) in [5.41, 5.74) is 4.54. The van der Waals surface area contributed by atoms with Crippen LogP contribution in [0.15, 0.2) is 101 Å². The number of rotatable bonds is 5. The summed E-state index contributed by atoms with van der Waals surface area (Å²) in [7, 11) is 0. The maximum absolute atomic E-state index is 13.6. The molecule has 38 heavy (non-hydrogen) atoms. The second-order valence-corrected chi connectivity index (χ2v) is 10.7. The number of piperidine rings is 1. The normalized spacial score (nSPS) is 17.3. The van der Waals surface area contributed by atoms with Crippen molar-refractivity contribution in [3.05, 3.63) is 113 Å². The molecule has 1 aromatic heterocycles. The number of hydrogen-bond acceptors (Lipinski definition) is 4. The zero-order chi connectivity index (χ0) is 25.9. The van der Waals surface area contributed by atoms with Gasteiger partial charge >= 0.3 is 0 Å². The number of likely N-dealkylation sites (tertiary alicyclic amines) is 1. The molecule has 0 aliphatic carbocycles. The van der Waals surface area contributed by atoms with Gasteiger partial charge < -0.3 is 4.90 Å². The van der Waals surface area contributed by atoms with E-state index >= 15 is 0 Å². The summed E-state index contributed by atoms with van der Waals surface area (Å²) in [6.45, 7) is 1.80. The van der Waals surface area contributed by atoms with Gasteiger partial charge in [0, 0.05) is 30.4 Å². The van der Waals surface area contributed by atoms with Crippen LogP contribution in [0.5, 0.6) is 0 Å². The Balaban J connectivity index is 1.20. The second kappa shape index (κ2) is 10.8. The number of aromatic nitrogens is 2. The Morgan fingerprint density at radius 1 is 0.921 bits per heavy atom. The minimum Gasteiger partial charge on any atom is -0.351 e. The summed E-state index contributed by atoms with van der Waals surface area (Å²) >= 11 is 1.43. The number of para-hydroxylation sites is 1. The predicted molar refractivity (Wildman–Crippen MR) is 151 cm³/mol. The maximum Gasteiger partial charge on any atom is 0.286 e. The van der Waals surface area contributed by atoms with Crippen molar-refractivity contribution < 1.29 is 9.18 Å². The summed E-state index contributed by atoms with van der Waals surface area (Å²) in [5, 5.41) is 5.56. The molecule has 6 rings (SSSR count). The number of nitrogens with zero attached hydrogens (tertiary/aromatic N) is 4. The van der Waals surface area contributed by atoms with E-state index < -0.39 is 0 Å². The Bertz CT molecular complexity index is 1490. The van der Waals surface area contributed by atoms with E-state index in [0.717, 1.165) is 54.3 Å². The number of carbonyl (C=O) groups is 1. The van der Waals surface area contributed by atoms with Crippen LogP contribution in [-0.4, -0.2) is 38.8 Å². The number of amides is 1. The monoisotopic (exact) mass is 522 g/mol. The number of aliphatic imine (C=N–C) groups is 1. The maximum atomic E-state index is 13.6. The van der Waals surface area contributed by atoms with Crippen LogP contribution in [0, 0.1) is 11.7 Å². The summed E-state index contributed by atoms with van der Waals surface area (Å²) in [6.07, 6.45) is 7.02. The quantitative estimate of drug-likeness (QED) is 0.277. The van der Waals surface area contributed by atoms with Gasteiger partial charge in [-0.25, -0.2) is 9.07 Å². The fourth-order valence-electron chi connectivity index (χ4n) is 4.99. The molecule has 0 atom stereocenters. The number of hydrogen-bond donors (Lipinski definition) is 0. The molecule has 1 fully saturated rings. The zero-order valence-electron chi connectivity index (χ0n) is 20.8. The predicted octanol–water partition coefficient (Wildman–Crippen LogP) is 6.60. The van der Waals surface area contributed by atoms with E-state index in [1.807, 2.05) is 42.6 Å². The highest BCUT2D eigenvalue weighted by Crippen LogP contribution is 2.35. The highest BCUT2D eigenvalue weighted by Gasteiger charge is 2.29. The highest BCUT2D eigenvalue weighted by atomic mass is 32.2. The van der Waals surface area contributed by atoms with Crippen LogP contribution >= 0.6 is 11.8 Å². The lowest BCUT2D eigenvalue weighted by Gasteiger charge is -2.32. The van der Waals surface area contributed by atoms with E-state index in [9.17, 15) is 9.18 Å². The lowest BCUT2D eigenvalue weighted by Crippen LogP contribution is -2.37. The third kappa shape index (κ3) is 5.34. The first-order chi connectivity index (χ1) is 18.6. The van der Waals surface area contributed by atoms with Gasteiger partial charge in [-0.2, -0.15) is 10.1 Å². The molecule has 1 saturated heterocycles. The molecule has 0 spiro atoms. The van der Waals surface area contributed by atoms with E-state index in [1.165, 1.54) is 29.5 Å². The molecular formula is C31H27FN4OS. The van der Waals surface area contributed by atoms with Gasteiger partial charge in [-0.3, -0.25) is 4.79 Å². The molecule has 0 unspecified atom stereocenters. The minimum atomic E-state index is -0.303. The number of halogens is 1. The molecule has 3 aromatic carbocycles. The highest BCUT2D eigenvalue weighted by molar-refractivity contribution is 8.18. The summed E-state index contributed by atoms with van der Waals surface area (Å²) in [4.78, 5) is 20.1. The smallest absolute Gasteiger partial charge is 0.286 e. The average Bonchev–Trinajstić information content (AvgIpc) is 3.54. The Morgan fingerprint density at radius 3 is 2.32 bits per heavy atom. The van der Waals surface area contributed by atoms with Crippen molar-refractivity contribution in [3.8, 4) is 16.9 Å². The molecule has 0 N–H and O–H groups in total. The molecule has 7 heteroatoms. The first kappa shape index (κ1) is 24.4. The molecule has 0 bridgehead atoms. The molecule has 1 amide bonds. The molecule has 4 aromatic rings. The molecular weight excluding hydrogens is 495 g/mol. The third-order valence-corrected chi connectivity index (χ3v) is 8.07. The van der Waals surface area contributed by atoms with Crippen LogP contribution in [0.3, 0.4) is 0 Å². The first-order valence-electron chi connectivity index (χ1n) is 12.8. The second-order valence-electron chi connectivity index (χ2n) is 9.65. The van der Waals surface area contributed by atoms with Crippen LogP contribution < -0.4 is 0 Å². The Labute approximate surface area is 225 Å². The van der Waals surface area contributed by atoms with Crippen molar-refractivity contribution in [2.45, 2.75) is 19.3 Å². The molecule has 0 radical (unpaired) electrons. The third-order valence-electron chi connectivity index (χ3n) is 7.03. The molecule has 5 nitrogen and oxygen atoms in total. The van der Waals surface area contributed by atoms with Gasteiger partial charge in [-0.15, -0.1) is 0 Å². The largest absolute Gasteiger partial charge is 0.351 e. The standard InChI is InChI=1S/C31H27FN4OS/c32-26-13-11-24(12-14-26)29-25(21-36(34-29)27-9-5-2-6-10-27)20-28-30(37)33-31(38-28)35-17-15-23(16-18-35)19-22-7-3-1-4-8-22/h1-14,20-21,23H,15-19H2. The van der Waals surface area contributed by atoms with Gasteiger partial charge in [-0.05, 0) is 85.0 Å². The molecule has 3 heterocycles. The number of thioether (sulfide) groups is 1. The molecule has 0 saturated carbocycles.